The Labute approximate surface area is 161 Å². The first kappa shape index (κ1) is 19.8. The number of benzene rings is 1. The molecule has 1 aromatic heterocycles. The summed E-state index contributed by atoms with van der Waals surface area (Å²) in [4.78, 5) is 5.87. The van der Waals surface area contributed by atoms with Crippen molar-refractivity contribution in [1.82, 2.24) is 10.3 Å². The number of aromatic nitrogens is 1. The molecule has 3 rings (SSSR count). The van der Waals surface area contributed by atoms with Gasteiger partial charge in [-0.25, -0.2) is 4.98 Å². The molecule has 0 saturated carbocycles. The van der Waals surface area contributed by atoms with Crippen LogP contribution in [0.15, 0.2) is 42.6 Å². The minimum atomic E-state index is -4.44. The molecule has 0 aliphatic carbocycles. The number of piperidine rings is 1. The summed E-state index contributed by atoms with van der Waals surface area (Å²) in [7, 11) is 0. The number of nitrogens with zero attached hydrogens (tertiary/aromatic N) is 2. The van der Waals surface area contributed by atoms with Gasteiger partial charge in [0.15, 0.2) is 0 Å². The van der Waals surface area contributed by atoms with Gasteiger partial charge >= 0.3 is 6.18 Å². The number of ether oxygens (including phenoxy) is 1. The van der Waals surface area contributed by atoms with Crippen LogP contribution in [-0.2, 0) is 6.18 Å². The predicted octanol–water partition coefficient (Wildman–Crippen LogP) is 4.39. The Bertz CT molecular complexity index is 735. The van der Waals surface area contributed by atoms with E-state index in [0.717, 1.165) is 37.4 Å². The van der Waals surface area contributed by atoms with Gasteiger partial charge in [0.2, 0.25) is 0 Å². The Hall–Kier alpha value is -1.99. The molecule has 27 heavy (non-hydrogen) atoms. The van der Waals surface area contributed by atoms with E-state index in [2.05, 4.69) is 10.3 Å². The molecule has 1 saturated heterocycles. The van der Waals surface area contributed by atoms with Crippen LogP contribution in [0.5, 0.6) is 5.75 Å². The van der Waals surface area contributed by atoms with Gasteiger partial charge in [-0.15, -0.1) is 0 Å². The summed E-state index contributed by atoms with van der Waals surface area (Å²) in [6, 6.07) is 10.9. The van der Waals surface area contributed by atoms with Crippen LogP contribution < -0.4 is 15.0 Å². The van der Waals surface area contributed by atoms with Gasteiger partial charge in [-0.1, -0.05) is 29.8 Å². The third-order valence-electron chi connectivity index (χ3n) is 4.49. The normalized spacial score (nSPS) is 15.8. The zero-order valence-corrected chi connectivity index (χ0v) is 15.4. The van der Waals surface area contributed by atoms with Crippen LogP contribution in [0.1, 0.15) is 18.4 Å². The SMILES string of the molecule is FC(F)(F)c1cnc(N2CCC(NCCOc3ccccc3)CC2)c(Cl)c1. The standard InChI is InChI=1S/C19H21ClF3N3O/c20-17-12-14(19(21,22)23)13-25-18(17)26-9-6-15(7-10-26)24-8-11-27-16-4-2-1-3-5-16/h1-5,12-13,15,24H,6-11H2. The highest BCUT2D eigenvalue weighted by Crippen LogP contribution is 2.34. The van der Waals surface area contributed by atoms with E-state index in [-0.39, 0.29) is 5.02 Å². The Morgan fingerprint density at radius 3 is 2.52 bits per heavy atom. The molecular formula is C19H21ClF3N3O. The van der Waals surface area contributed by atoms with Crippen molar-refractivity contribution in [2.45, 2.75) is 25.1 Å². The minimum absolute atomic E-state index is 0.0347. The molecule has 2 aromatic rings. The molecular weight excluding hydrogens is 379 g/mol. The second-order valence-electron chi connectivity index (χ2n) is 6.40. The highest BCUT2D eigenvalue weighted by molar-refractivity contribution is 6.33. The Morgan fingerprint density at radius 1 is 1.19 bits per heavy atom. The van der Waals surface area contributed by atoms with Crippen LogP contribution in [-0.4, -0.2) is 37.3 Å². The lowest BCUT2D eigenvalue weighted by molar-refractivity contribution is -0.137. The average molecular weight is 400 g/mol. The van der Waals surface area contributed by atoms with E-state index in [1.165, 1.54) is 0 Å². The first-order valence-corrected chi connectivity index (χ1v) is 9.20. The van der Waals surface area contributed by atoms with Gasteiger partial charge in [0.25, 0.3) is 0 Å². The van der Waals surface area contributed by atoms with Crippen LogP contribution in [0.3, 0.4) is 0 Å². The van der Waals surface area contributed by atoms with Gasteiger partial charge in [0.1, 0.15) is 18.2 Å². The molecule has 0 radical (unpaired) electrons. The average Bonchev–Trinajstić information content (AvgIpc) is 2.66. The molecule has 1 aliphatic heterocycles. The number of anilines is 1. The van der Waals surface area contributed by atoms with Gasteiger partial charge < -0.3 is 15.0 Å². The topological polar surface area (TPSA) is 37.4 Å². The Kier molecular flexibility index (Phi) is 6.44. The number of rotatable bonds is 6. The lowest BCUT2D eigenvalue weighted by Crippen LogP contribution is -2.44. The lowest BCUT2D eigenvalue weighted by Gasteiger charge is -2.33. The summed E-state index contributed by atoms with van der Waals surface area (Å²) in [5.74, 6) is 1.26. The molecule has 0 bridgehead atoms. The number of hydrogen-bond acceptors (Lipinski definition) is 4. The number of para-hydroxylation sites is 1. The number of hydrogen-bond donors (Lipinski definition) is 1. The summed E-state index contributed by atoms with van der Waals surface area (Å²) >= 11 is 6.03. The predicted molar refractivity (Wildman–Crippen MR) is 99.4 cm³/mol. The number of alkyl halides is 3. The van der Waals surface area contributed by atoms with Crippen molar-refractivity contribution in [1.29, 1.82) is 0 Å². The van der Waals surface area contributed by atoms with E-state index in [0.29, 0.717) is 31.6 Å². The van der Waals surface area contributed by atoms with E-state index in [4.69, 9.17) is 16.3 Å². The fourth-order valence-electron chi connectivity index (χ4n) is 3.06. The van der Waals surface area contributed by atoms with Crippen LogP contribution in [0.4, 0.5) is 19.0 Å². The Balaban J connectivity index is 1.43. The molecule has 8 heteroatoms. The van der Waals surface area contributed by atoms with Gasteiger partial charge in [-0.2, -0.15) is 13.2 Å². The molecule has 1 aliphatic rings. The maximum absolute atomic E-state index is 12.7. The van der Waals surface area contributed by atoms with Crippen molar-refractivity contribution in [3.8, 4) is 5.75 Å². The maximum Gasteiger partial charge on any atom is 0.417 e. The molecule has 1 aromatic carbocycles. The van der Waals surface area contributed by atoms with E-state index in [1.807, 2.05) is 35.2 Å². The first-order valence-electron chi connectivity index (χ1n) is 8.82. The van der Waals surface area contributed by atoms with Gasteiger partial charge in [0, 0.05) is 31.9 Å². The lowest BCUT2D eigenvalue weighted by atomic mass is 10.0. The number of nitrogens with one attached hydrogen (secondary N) is 1. The molecule has 0 atom stereocenters. The van der Waals surface area contributed by atoms with Crippen molar-refractivity contribution < 1.29 is 17.9 Å². The van der Waals surface area contributed by atoms with Crippen LogP contribution in [0.25, 0.3) is 0 Å². The quantitative estimate of drug-likeness (QED) is 0.731. The second kappa shape index (κ2) is 8.80. The third kappa shape index (κ3) is 5.49. The number of pyridine rings is 1. The zero-order chi connectivity index (χ0) is 19.3. The fourth-order valence-corrected chi connectivity index (χ4v) is 3.35. The van der Waals surface area contributed by atoms with Gasteiger partial charge in [-0.3, -0.25) is 0 Å². The fraction of sp³-hybridized carbons (Fsp3) is 0.421. The van der Waals surface area contributed by atoms with E-state index < -0.39 is 11.7 Å². The molecule has 0 unspecified atom stereocenters. The van der Waals surface area contributed by atoms with Gasteiger partial charge in [-0.05, 0) is 31.0 Å². The summed E-state index contributed by atoms with van der Waals surface area (Å²) in [6.45, 7) is 2.69. The van der Waals surface area contributed by atoms with Crippen molar-refractivity contribution >= 4 is 17.4 Å². The summed E-state index contributed by atoms with van der Waals surface area (Å²) in [5.41, 5.74) is -0.828. The first-order chi connectivity index (χ1) is 12.9. The molecule has 1 N–H and O–H groups in total. The van der Waals surface area contributed by atoms with E-state index in [1.54, 1.807) is 0 Å². The van der Waals surface area contributed by atoms with Crippen LogP contribution in [0.2, 0.25) is 5.02 Å². The smallest absolute Gasteiger partial charge is 0.417 e. The highest BCUT2D eigenvalue weighted by atomic mass is 35.5. The monoisotopic (exact) mass is 399 g/mol. The third-order valence-corrected chi connectivity index (χ3v) is 4.77. The molecule has 1 fully saturated rings. The van der Waals surface area contributed by atoms with Crippen LogP contribution in [0, 0.1) is 0 Å². The summed E-state index contributed by atoms with van der Waals surface area (Å²) in [5, 5.41) is 3.49. The molecule has 146 valence electrons. The van der Waals surface area contributed by atoms with E-state index >= 15 is 0 Å². The zero-order valence-electron chi connectivity index (χ0n) is 14.7. The second-order valence-corrected chi connectivity index (χ2v) is 6.81. The largest absolute Gasteiger partial charge is 0.492 e. The highest BCUT2D eigenvalue weighted by Gasteiger charge is 2.32. The molecule has 0 amide bonds. The molecule has 0 spiro atoms. The minimum Gasteiger partial charge on any atom is -0.492 e. The Morgan fingerprint density at radius 2 is 1.89 bits per heavy atom. The summed E-state index contributed by atoms with van der Waals surface area (Å²) in [6.07, 6.45) is -1.87. The molecule has 2 heterocycles. The number of halogens is 4. The van der Waals surface area contributed by atoms with Gasteiger partial charge in [0.05, 0.1) is 10.6 Å². The van der Waals surface area contributed by atoms with E-state index in [9.17, 15) is 13.2 Å². The maximum atomic E-state index is 12.7. The summed E-state index contributed by atoms with van der Waals surface area (Å²) < 4.78 is 43.8. The van der Waals surface area contributed by atoms with Crippen molar-refractivity contribution in [3.05, 3.63) is 53.2 Å². The van der Waals surface area contributed by atoms with Crippen molar-refractivity contribution in [2.24, 2.45) is 0 Å². The van der Waals surface area contributed by atoms with Crippen molar-refractivity contribution in [2.75, 3.05) is 31.1 Å². The van der Waals surface area contributed by atoms with Crippen LogP contribution >= 0.6 is 11.6 Å². The van der Waals surface area contributed by atoms with Crippen molar-refractivity contribution in [3.63, 3.8) is 0 Å². The molecule has 4 nitrogen and oxygen atoms in total.